The zero-order chi connectivity index (χ0) is 58.4. The van der Waals surface area contributed by atoms with Crippen LogP contribution in [0.2, 0.25) is 0 Å². The number of esters is 2. The number of hydrogen-bond acceptors (Lipinski definition) is 4. The summed E-state index contributed by atoms with van der Waals surface area (Å²) in [7, 11) is 0. The van der Waals surface area contributed by atoms with Gasteiger partial charge in [0, 0.05) is 22.3 Å². The molecule has 0 aromatic heterocycles. The first-order chi connectivity index (χ1) is 41.2. The van der Waals surface area contributed by atoms with Crippen LogP contribution in [0.1, 0.15) is 207 Å². The molecule has 84 heavy (non-hydrogen) atoms. The van der Waals surface area contributed by atoms with Crippen molar-refractivity contribution < 1.29 is 19.1 Å². The first-order valence-electron chi connectivity index (χ1n) is 31.3. The Morgan fingerprint density at radius 2 is 0.679 bits per heavy atom. The smallest absolute Gasteiger partial charge is 0.339 e. The van der Waals surface area contributed by atoms with Crippen molar-refractivity contribution >= 4 is 76.6 Å². The molecule has 0 saturated carbocycles. The summed E-state index contributed by atoms with van der Waals surface area (Å²) in [4.78, 5) is 28.0. The summed E-state index contributed by atoms with van der Waals surface area (Å²) in [6.07, 6.45) is 20.6. The van der Waals surface area contributed by atoms with Gasteiger partial charge in [0.1, 0.15) is 0 Å². The second kappa shape index (κ2) is 28.2. The largest absolute Gasteiger partial charge is 0.462 e. The number of hydrogen-bond donors (Lipinski definition) is 0. The maximum absolute atomic E-state index is 14.0. The number of benzene rings is 10. The first kappa shape index (κ1) is 58.6. The third kappa shape index (κ3) is 13.3. The van der Waals surface area contributed by atoms with Gasteiger partial charge < -0.3 is 9.47 Å². The second-order valence-corrected chi connectivity index (χ2v) is 23.0. The Hall–Kier alpha value is -8.54. The monoisotopic (exact) mass is 1100 g/mol. The molecule has 0 bridgehead atoms. The van der Waals surface area contributed by atoms with Crippen LogP contribution in [0, 0.1) is 61.2 Å². The summed E-state index contributed by atoms with van der Waals surface area (Å²) in [6.45, 7) is 13.2. The fourth-order valence-corrected chi connectivity index (χ4v) is 12.2. The molecule has 0 unspecified atom stereocenters. The molecule has 0 radical (unpaired) electrons. The lowest BCUT2D eigenvalue weighted by Gasteiger charge is -2.15. The van der Waals surface area contributed by atoms with Gasteiger partial charge in [0.25, 0.3) is 0 Å². The minimum absolute atomic E-state index is 0.295. The quantitative estimate of drug-likeness (QED) is 0.0294. The third-order valence-corrected chi connectivity index (χ3v) is 16.7. The zero-order valence-corrected chi connectivity index (χ0v) is 50.3. The average Bonchev–Trinajstić information content (AvgIpc) is 0.963. The Kier molecular flexibility index (Phi) is 19.7. The van der Waals surface area contributed by atoms with E-state index in [1.165, 1.54) is 142 Å². The molecule has 0 aliphatic heterocycles. The maximum atomic E-state index is 14.0. The number of carbonyl (C=O) groups excluding carboxylic acids is 2. The molecule has 4 nitrogen and oxygen atoms in total. The summed E-state index contributed by atoms with van der Waals surface area (Å²) in [6, 6.07) is 43.3. The Bertz CT molecular complexity index is 4020. The highest BCUT2D eigenvalue weighted by atomic mass is 16.5. The molecule has 10 aromatic carbocycles. The Labute approximate surface area is 498 Å². The van der Waals surface area contributed by atoms with Crippen LogP contribution in [0.25, 0.3) is 64.6 Å². The van der Waals surface area contributed by atoms with Gasteiger partial charge in [-0.3, -0.25) is 0 Å². The van der Waals surface area contributed by atoms with Crippen LogP contribution in [-0.2, 0) is 22.3 Å². The van der Waals surface area contributed by atoms with E-state index in [-0.39, 0.29) is 0 Å². The topological polar surface area (TPSA) is 52.6 Å². The fourth-order valence-electron chi connectivity index (χ4n) is 12.2. The Morgan fingerprint density at radius 3 is 1.08 bits per heavy atom. The molecule has 4 heteroatoms. The second-order valence-electron chi connectivity index (χ2n) is 23.0. The third-order valence-electron chi connectivity index (χ3n) is 16.7. The normalized spacial score (nSPS) is 11.2. The highest BCUT2D eigenvalue weighted by molar-refractivity contribution is 6.25. The van der Waals surface area contributed by atoms with Crippen LogP contribution < -0.4 is 0 Å². The van der Waals surface area contributed by atoms with Gasteiger partial charge in [-0.25, -0.2) is 9.59 Å². The Balaban J connectivity index is 1.03. The van der Waals surface area contributed by atoms with Crippen molar-refractivity contribution in [2.24, 2.45) is 0 Å². The standard InChI is InChI=1S/C80H78O4/c1-7-11-15-17-19-21-25-57-29-35-61-43-47-71-59(31-37-63-41-45-69(57)75(61)77(63)71)33-39-65-51-55(5)53-73(79(81)83-49-13-9-3)67(65)27-23-24-28-68-66(52-56(6)54-74(68)80(82)84-50-14-10-4)40-34-60-32-38-64-42-46-70-58(26-22-20-18-16-12-8-2)30-36-62-44-48-72(60)78(64)76(62)70/h29-32,35-38,41-48,51-54H,7-22,25-26,49-50H2,1-6H3. The van der Waals surface area contributed by atoms with Gasteiger partial charge in [-0.2, -0.15) is 0 Å². The van der Waals surface area contributed by atoms with E-state index in [9.17, 15) is 9.59 Å². The van der Waals surface area contributed by atoms with Crippen LogP contribution in [0.5, 0.6) is 0 Å². The van der Waals surface area contributed by atoms with Crippen molar-refractivity contribution in [1.29, 1.82) is 0 Å². The van der Waals surface area contributed by atoms with Crippen LogP contribution in [0.15, 0.2) is 121 Å². The Morgan fingerprint density at radius 1 is 0.345 bits per heavy atom. The van der Waals surface area contributed by atoms with Gasteiger partial charge in [-0.05, 0) is 187 Å². The van der Waals surface area contributed by atoms with Gasteiger partial charge in [-0.1, -0.05) is 225 Å². The van der Waals surface area contributed by atoms with Gasteiger partial charge in [0.05, 0.1) is 35.5 Å². The molecule has 422 valence electrons. The molecule has 0 aliphatic rings. The summed E-state index contributed by atoms with van der Waals surface area (Å²) in [5.41, 5.74) is 9.05. The van der Waals surface area contributed by atoms with Crippen molar-refractivity contribution in [3.8, 4) is 47.4 Å². The van der Waals surface area contributed by atoms with Gasteiger partial charge in [0.15, 0.2) is 0 Å². The summed E-state index contributed by atoms with van der Waals surface area (Å²) >= 11 is 0. The van der Waals surface area contributed by atoms with Gasteiger partial charge in [0.2, 0.25) is 0 Å². The molecule has 0 N–H and O–H groups in total. The molecule has 0 spiro atoms. The number of rotatable bonds is 22. The SMILES string of the molecule is CCCCCCCCc1ccc2ccc3c(C#Cc4cc(C)cc(C(=O)OCCCC)c4C#CC#Cc4c(C#Cc5ccc6ccc7c(CCCCCCCC)ccc8ccc5c6c87)cc(C)cc4C(=O)OCCCC)ccc4ccc1c2c43. The van der Waals surface area contributed by atoms with Crippen molar-refractivity contribution in [2.45, 2.75) is 157 Å². The van der Waals surface area contributed by atoms with Crippen LogP contribution >= 0.6 is 0 Å². The number of ether oxygens (including phenoxy) is 2. The predicted molar refractivity (Wildman–Crippen MR) is 353 cm³/mol. The van der Waals surface area contributed by atoms with Crippen LogP contribution in [0.3, 0.4) is 0 Å². The van der Waals surface area contributed by atoms with Crippen molar-refractivity contribution in [1.82, 2.24) is 0 Å². The zero-order valence-electron chi connectivity index (χ0n) is 50.3. The van der Waals surface area contributed by atoms with E-state index in [4.69, 9.17) is 9.47 Å². The van der Waals surface area contributed by atoms with Gasteiger partial charge >= 0.3 is 11.9 Å². The predicted octanol–water partition coefficient (Wildman–Crippen LogP) is 20.0. The molecule has 10 aromatic rings. The highest BCUT2D eigenvalue weighted by Crippen LogP contribution is 2.40. The van der Waals surface area contributed by atoms with E-state index in [0.29, 0.717) is 46.6 Å². The average molecular weight is 1100 g/mol. The molecule has 0 amide bonds. The van der Waals surface area contributed by atoms with Crippen LogP contribution in [-0.4, -0.2) is 25.2 Å². The molecule has 0 fully saturated rings. The number of carbonyl (C=O) groups is 2. The highest BCUT2D eigenvalue weighted by Gasteiger charge is 2.20. The summed E-state index contributed by atoms with van der Waals surface area (Å²) < 4.78 is 11.7. The minimum Gasteiger partial charge on any atom is -0.462 e. The molecule has 0 heterocycles. The van der Waals surface area contributed by atoms with E-state index in [1.807, 2.05) is 38.1 Å². The molecule has 0 atom stereocenters. The summed E-state index contributed by atoms with van der Waals surface area (Å²) in [5, 5.41) is 14.6. The van der Waals surface area contributed by atoms with Gasteiger partial charge in [-0.15, -0.1) is 0 Å². The molecular weight excluding hydrogens is 1020 g/mol. The molecular formula is C80H78O4. The maximum Gasteiger partial charge on any atom is 0.339 e. The van der Waals surface area contributed by atoms with Crippen molar-refractivity contribution in [3.63, 3.8) is 0 Å². The lowest BCUT2D eigenvalue weighted by molar-refractivity contribution is 0.0490. The first-order valence-corrected chi connectivity index (χ1v) is 31.3. The number of aryl methyl sites for hydroxylation is 4. The van der Waals surface area contributed by atoms with E-state index in [2.05, 4.69) is 172 Å². The van der Waals surface area contributed by atoms with Crippen molar-refractivity contribution in [2.75, 3.05) is 13.2 Å². The van der Waals surface area contributed by atoms with E-state index in [1.54, 1.807) is 0 Å². The minimum atomic E-state index is -0.458. The number of unbranched alkanes of at least 4 members (excludes halogenated alkanes) is 12. The van der Waals surface area contributed by atoms with Crippen molar-refractivity contribution in [3.05, 3.63) is 188 Å². The lowest BCUT2D eigenvalue weighted by Crippen LogP contribution is -2.10. The molecule has 10 rings (SSSR count). The molecule has 0 aliphatic carbocycles. The van der Waals surface area contributed by atoms with Crippen LogP contribution in [0.4, 0.5) is 0 Å². The van der Waals surface area contributed by atoms with E-state index in [0.717, 1.165) is 71.6 Å². The van der Waals surface area contributed by atoms with E-state index < -0.39 is 11.9 Å². The summed E-state index contributed by atoms with van der Waals surface area (Å²) in [5.74, 6) is 25.9. The van der Waals surface area contributed by atoms with E-state index >= 15 is 0 Å². The fraction of sp³-hybridized carbons (Fsp3) is 0.325. The molecule has 0 saturated heterocycles. The lowest BCUT2D eigenvalue weighted by atomic mass is 9.89.